The van der Waals surface area contributed by atoms with Crippen LogP contribution in [0.4, 0.5) is 0 Å². The highest BCUT2D eigenvalue weighted by Crippen LogP contribution is 2.35. The Labute approximate surface area is 151 Å². The van der Waals surface area contributed by atoms with Gasteiger partial charge in [-0.15, -0.1) is 0 Å². The summed E-state index contributed by atoms with van der Waals surface area (Å²) in [5, 5.41) is 1.61. The standard InChI is InChI=1S/C21H22N4O/c1-11(10-22)14-4-6-15(7-5-14)17-12(2)24-13(3)19-18(17)20-16(8-9-23-20)21(26)25-19/h4-9,11,24H,10,22H2,1-3H3,(H,25,26)/t11-/m0/s1. The fourth-order valence-electron chi connectivity index (χ4n) is 3.67. The third-order valence-electron chi connectivity index (χ3n) is 5.17. The number of rotatable bonds is 3. The number of H-pyrrole nitrogens is 2. The van der Waals surface area contributed by atoms with Gasteiger partial charge in [0.05, 0.1) is 16.4 Å². The van der Waals surface area contributed by atoms with Crippen molar-refractivity contribution in [2.24, 2.45) is 5.73 Å². The SMILES string of the molecule is Cc1[nH]c(C)c2[nH]c(=O)c3ccnc3c2c1-c1ccc([C@@H](C)CN)cc1. The van der Waals surface area contributed by atoms with Crippen LogP contribution in [0.2, 0.25) is 0 Å². The van der Waals surface area contributed by atoms with Crippen molar-refractivity contribution in [3.05, 3.63) is 63.8 Å². The summed E-state index contributed by atoms with van der Waals surface area (Å²) >= 11 is 0. The van der Waals surface area contributed by atoms with E-state index in [1.807, 2.05) is 6.92 Å². The third-order valence-corrected chi connectivity index (χ3v) is 5.17. The zero-order valence-corrected chi connectivity index (χ0v) is 15.2. The Hall–Kier alpha value is -2.92. The van der Waals surface area contributed by atoms with Gasteiger partial charge in [-0.2, -0.15) is 0 Å². The zero-order chi connectivity index (χ0) is 18.4. The van der Waals surface area contributed by atoms with E-state index in [4.69, 9.17) is 5.73 Å². The van der Waals surface area contributed by atoms with Crippen molar-refractivity contribution < 1.29 is 0 Å². The first-order chi connectivity index (χ1) is 12.5. The van der Waals surface area contributed by atoms with E-state index in [0.29, 0.717) is 17.8 Å². The molecular weight excluding hydrogens is 324 g/mol. The summed E-state index contributed by atoms with van der Waals surface area (Å²) in [6, 6.07) is 10.3. The van der Waals surface area contributed by atoms with Gasteiger partial charge in [-0.05, 0) is 43.5 Å². The van der Waals surface area contributed by atoms with E-state index in [-0.39, 0.29) is 5.56 Å². The van der Waals surface area contributed by atoms with Crippen molar-refractivity contribution >= 4 is 21.8 Å². The molecule has 3 heterocycles. The van der Waals surface area contributed by atoms with Crippen LogP contribution >= 0.6 is 0 Å². The van der Waals surface area contributed by atoms with Crippen LogP contribution in [0.5, 0.6) is 0 Å². The highest BCUT2D eigenvalue weighted by atomic mass is 16.1. The molecule has 132 valence electrons. The second kappa shape index (κ2) is 6.11. The minimum absolute atomic E-state index is 0.108. The number of aromatic amines is 2. The van der Waals surface area contributed by atoms with Crippen molar-refractivity contribution in [2.75, 3.05) is 6.54 Å². The molecule has 0 saturated carbocycles. The van der Waals surface area contributed by atoms with Crippen LogP contribution < -0.4 is 11.3 Å². The van der Waals surface area contributed by atoms with Gasteiger partial charge in [-0.3, -0.25) is 9.78 Å². The highest BCUT2D eigenvalue weighted by molar-refractivity contribution is 6.11. The summed E-state index contributed by atoms with van der Waals surface area (Å²) in [6.07, 6.45) is 1.69. The van der Waals surface area contributed by atoms with Crippen LogP contribution in [-0.4, -0.2) is 21.5 Å². The molecule has 0 radical (unpaired) electrons. The Morgan fingerprint density at radius 1 is 1.08 bits per heavy atom. The number of aryl methyl sites for hydroxylation is 2. The Kier molecular flexibility index (Phi) is 3.89. The molecule has 5 nitrogen and oxygen atoms in total. The summed E-state index contributed by atoms with van der Waals surface area (Å²) in [5.41, 5.74) is 12.6. The summed E-state index contributed by atoms with van der Waals surface area (Å²) in [7, 11) is 0. The molecule has 0 bridgehead atoms. The molecule has 1 aromatic carbocycles. The quantitative estimate of drug-likeness (QED) is 0.528. The third kappa shape index (κ3) is 2.44. The van der Waals surface area contributed by atoms with E-state index in [2.05, 4.69) is 53.1 Å². The molecule has 0 saturated heterocycles. The van der Waals surface area contributed by atoms with E-state index in [0.717, 1.165) is 38.9 Å². The van der Waals surface area contributed by atoms with E-state index in [1.165, 1.54) is 5.56 Å². The molecule has 1 atom stereocenters. The van der Waals surface area contributed by atoms with Crippen molar-refractivity contribution in [3.8, 4) is 11.1 Å². The Balaban J connectivity index is 2.06. The lowest BCUT2D eigenvalue weighted by Crippen LogP contribution is -2.09. The van der Waals surface area contributed by atoms with E-state index in [9.17, 15) is 4.79 Å². The van der Waals surface area contributed by atoms with Gasteiger partial charge in [0.15, 0.2) is 0 Å². The molecule has 26 heavy (non-hydrogen) atoms. The zero-order valence-electron chi connectivity index (χ0n) is 15.2. The van der Waals surface area contributed by atoms with Gasteiger partial charge in [0, 0.05) is 28.5 Å². The minimum atomic E-state index is -0.108. The number of hydrogen-bond acceptors (Lipinski definition) is 3. The van der Waals surface area contributed by atoms with Crippen LogP contribution in [0, 0.1) is 13.8 Å². The summed E-state index contributed by atoms with van der Waals surface area (Å²) in [6.45, 7) is 6.77. The molecule has 0 spiro atoms. The maximum Gasteiger partial charge on any atom is 0.258 e. The maximum absolute atomic E-state index is 12.4. The summed E-state index contributed by atoms with van der Waals surface area (Å²) in [4.78, 5) is 23.3. The largest absolute Gasteiger partial charge is 0.360 e. The van der Waals surface area contributed by atoms with Crippen molar-refractivity contribution in [1.29, 1.82) is 0 Å². The predicted octanol–water partition coefficient (Wildman–Crippen LogP) is 3.75. The molecule has 0 amide bonds. The fourth-order valence-corrected chi connectivity index (χ4v) is 3.67. The average Bonchev–Trinajstić information content (AvgIpc) is 3.13. The van der Waals surface area contributed by atoms with Gasteiger partial charge in [-0.1, -0.05) is 31.2 Å². The smallest absolute Gasteiger partial charge is 0.258 e. The highest BCUT2D eigenvalue weighted by Gasteiger charge is 2.17. The number of pyridine rings is 2. The van der Waals surface area contributed by atoms with Gasteiger partial charge in [0.1, 0.15) is 0 Å². The van der Waals surface area contributed by atoms with E-state index in [1.54, 1.807) is 12.3 Å². The molecule has 4 aromatic rings. The van der Waals surface area contributed by atoms with Gasteiger partial charge in [0.25, 0.3) is 5.56 Å². The normalized spacial score (nSPS) is 12.8. The lowest BCUT2D eigenvalue weighted by Gasteiger charge is -2.15. The molecule has 0 aliphatic rings. The first-order valence-corrected chi connectivity index (χ1v) is 8.81. The first kappa shape index (κ1) is 16.5. The van der Waals surface area contributed by atoms with Gasteiger partial charge < -0.3 is 15.7 Å². The van der Waals surface area contributed by atoms with Crippen LogP contribution in [0.3, 0.4) is 0 Å². The number of nitrogens with one attached hydrogen (secondary N) is 2. The monoisotopic (exact) mass is 346 g/mol. The molecule has 4 N–H and O–H groups in total. The topological polar surface area (TPSA) is 87.6 Å². The lowest BCUT2D eigenvalue weighted by molar-refractivity contribution is 0.774. The molecule has 4 rings (SSSR count). The van der Waals surface area contributed by atoms with E-state index >= 15 is 0 Å². The number of nitrogens with zero attached hydrogens (tertiary/aromatic N) is 1. The Morgan fingerprint density at radius 2 is 1.81 bits per heavy atom. The first-order valence-electron chi connectivity index (χ1n) is 8.81. The predicted molar refractivity (Wildman–Crippen MR) is 107 cm³/mol. The molecule has 0 aliphatic carbocycles. The van der Waals surface area contributed by atoms with Gasteiger partial charge in [0.2, 0.25) is 0 Å². The molecule has 5 heteroatoms. The Morgan fingerprint density at radius 3 is 2.50 bits per heavy atom. The molecule has 0 fully saturated rings. The number of aromatic nitrogens is 3. The summed E-state index contributed by atoms with van der Waals surface area (Å²) in [5.74, 6) is 0.325. The molecule has 3 aromatic heterocycles. The van der Waals surface area contributed by atoms with Crippen molar-refractivity contribution in [1.82, 2.24) is 15.0 Å². The average molecular weight is 346 g/mol. The van der Waals surface area contributed by atoms with Crippen molar-refractivity contribution in [2.45, 2.75) is 26.7 Å². The van der Waals surface area contributed by atoms with Crippen LogP contribution in [0.25, 0.3) is 32.9 Å². The lowest BCUT2D eigenvalue weighted by atomic mass is 9.94. The van der Waals surface area contributed by atoms with Gasteiger partial charge in [-0.25, -0.2) is 0 Å². The van der Waals surface area contributed by atoms with Crippen LogP contribution in [0.1, 0.15) is 29.8 Å². The van der Waals surface area contributed by atoms with Gasteiger partial charge >= 0.3 is 0 Å². The van der Waals surface area contributed by atoms with Crippen molar-refractivity contribution in [3.63, 3.8) is 0 Å². The number of hydrogen-bond donors (Lipinski definition) is 3. The maximum atomic E-state index is 12.4. The van der Waals surface area contributed by atoms with Crippen LogP contribution in [0.15, 0.2) is 41.3 Å². The molecule has 0 aliphatic heterocycles. The Bertz CT molecular complexity index is 1170. The second-order valence-electron chi connectivity index (χ2n) is 6.92. The van der Waals surface area contributed by atoms with E-state index < -0.39 is 0 Å². The van der Waals surface area contributed by atoms with Crippen LogP contribution in [-0.2, 0) is 0 Å². The number of benzene rings is 1. The fraction of sp³-hybridized carbons (Fsp3) is 0.238. The number of fused-ring (bicyclic) bond motifs is 3. The molecule has 0 unspecified atom stereocenters. The molecular formula is C21H22N4O. The number of nitrogens with two attached hydrogens (primary N) is 1. The summed E-state index contributed by atoms with van der Waals surface area (Å²) < 4.78 is 0. The second-order valence-corrected chi connectivity index (χ2v) is 6.92. The minimum Gasteiger partial charge on any atom is -0.360 e.